The Labute approximate surface area is 111 Å². The second-order valence-electron chi connectivity index (χ2n) is 3.66. The van der Waals surface area contributed by atoms with Crippen molar-refractivity contribution < 1.29 is 9.84 Å². The van der Waals surface area contributed by atoms with Crippen LogP contribution in [0.3, 0.4) is 0 Å². The molecule has 0 fully saturated rings. The highest BCUT2D eigenvalue weighted by Crippen LogP contribution is 2.23. The Morgan fingerprint density at radius 2 is 2.00 bits per heavy atom. The third-order valence-electron chi connectivity index (χ3n) is 1.84. The summed E-state index contributed by atoms with van der Waals surface area (Å²) in [6, 6.07) is 7.60. The summed E-state index contributed by atoms with van der Waals surface area (Å²) < 4.78 is 6.38. The average Bonchev–Trinajstić information content (AvgIpc) is 2.15. The van der Waals surface area contributed by atoms with Crippen molar-refractivity contribution in [3.05, 3.63) is 28.7 Å². The van der Waals surface area contributed by atoms with Crippen LogP contribution in [0.4, 0.5) is 0 Å². The van der Waals surface area contributed by atoms with Gasteiger partial charge in [-0.05, 0) is 42.2 Å². The van der Waals surface area contributed by atoms with Crippen LogP contribution < -0.4 is 4.74 Å². The van der Waals surface area contributed by atoms with Gasteiger partial charge < -0.3 is 14.7 Å². The number of aliphatic hydroxyl groups excluding tert-OH is 1. The van der Waals surface area contributed by atoms with Gasteiger partial charge in [-0.1, -0.05) is 12.1 Å². The second kappa shape index (κ2) is 7.90. The number of halogens is 2. The van der Waals surface area contributed by atoms with Crippen LogP contribution in [0.15, 0.2) is 28.7 Å². The highest BCUT2D eigenvalue weighted by molar-refractivity contribution is 9.10. The fraction of sp³-hybridized carbons (Fsp3) is 0.455. The molecule has 1 aromatic carbocycles. The van der Waals surface area contributed by atoms with Crippen LogP contribution in [-0.2, 0) is 0 Å². The van der Waals surface area contributed by atoms with Crippen LogP contribution in [0.25, 0.3) is 0 Å². The summed E-state index contributed by atoms with van der Waals surface area (Å²) in [6.07, 6.45) is -0.466. The van der Waals surface area contributed by atoms with E-state index in [2.05, 4.69) is 15.9 Å². The highest BCUT2D eigenvalue weighted by atomic mass is 79.9. The van der Waals surface area contributed by atoms with Gasteiger partial charge in [0, 0.05) is 6.54 Å². The van der Waals surface area contributed by atoms with Crippen molar-refractivity contribution in [2.24, 2.45) is 0 Å². The molecule has 0 amide bonds. The molecule has 3 nitrogen and oxygen atoms in total. The normalized spacial score (nSPS) is 12.1. The molecule has 1 atom stereocenters. The van der Waals surface area contributed by atoms with Gasteiger partial charge in [-0.25, -0.2) is 0 Å². The first-order chi connectivity index (χ1) is 7.09. The molecule has 1 aromatic rings. The number of nitrogens with zero attached hydrogens (tertiary/aromatic N) is 1. The molecular formula is C11H17BrClNO2. The van der Waals surface area contributed by atoms with Gasteiger partial charge in [-0.2, -0.15) is 0 Å². The molecule has 0 aromatic heterocycles. The highest BCUT2D eigenvalue weighted by Gasteiger charge is 2.07. The van der Waals surface area contributed by atoms with E-state index in [1.165, 1.54) is 0 Å². The lowest BCUT2D eigenvalue weighted by Gasteiger charge is -2.16. The Morgan fingerprint density at radius 1 is 1.38 bits per heavy atom. The molecule has 0 saturated heterocycles. The minimum absolute atomic E-state index is 0. The molecule has 0 spiro atoms. The van der Waals surface area contributed by atoms with Crippen LogP contribution in [0.5, 0.6) is 5.75 Å². The Balaban J connectivity index is 0.00000225. The predicted octanol–water partition coefficient (Wildman–Crippen LogP) is 2.17. The van der Waals surface area contributed by atoms with E-state index in [9.17, 15) is 5.11 Å². The predicted molar refractivity (Wildman–Crippen MR) is 71.4 cm³/mol. The largest absolute Gasteiger partial charge is 0.490 e. The number of hydrogen-bond acceptors (Lipinski definition) is 3. The third kappa shape index (κ3) is 5.70. The summed E-state index contributed by atoms with van der Waals surface area (Å²) >= 11 is 3.38. The topological polar surface area (TPSA) is 32.7 Å². The quantitative estimate of drug-likeness (QED) is 0.905. The minimum atomic E-state index is -0.466. The molecule has 1 rings (SSSR count). The number of likely N-dealkylation sites (N-methyl/N-ethyl adjacent to an activating group) is 1. The van der Waals surface area contributed by atoms with Crippen molar-refractivity contribution in [3.8, 4) is 5.75 Å². The van der Waals surface area contributed by atoms with E-state index in [-0.39, 0.29) is 12.4 Å². The molecule has 0 aliphatic rings. The standard InChI is InChI=1S/C11H16BrNO2.ClH/c1-13(2)7-9(14)8-15-11-6-4-3-5-10(11)12;/h3-6,9,14H,7-8H2,1-2H3;1H. The molecule has 92 valence electrons. The van der Waals surface area contributed by atoms with Gasteiger partial charge in [0.05, 0.1) is 4.47 Å². The van der Waals surface area contributed by atoms with Gasteiger partial charge in [0.2, 0.25) is 0 Å². The lowest BCUT2D eigenvalue weighted by atomic mass is 10.3. The molecule has 0 aliphatic heterocycles. The van der Waals surface area contributed by atoms with E-state index >= 15 is 0 Å². The molecule has 16 heavy (non-hydrogen) atoms. The lowest BCUT2D eigenvalue weighted by Crippen LogP contribution is -2.30. The van der Waals surface area contributed by atoms with Crippen LogP contribution >= 0.6 is 28.3 Å². The van der Waals surface area contributed by atoms with Crippen molar-refractivity contribution in [1.29, 1.82) is 0 Å². The molecule has 1 unspecified atom stereocenters. The Morgan fingerprint density at radius 3 is 2.56 bits per heavy atom. The van der Waals surface area contributed by atoms with Crippen LogP contribution in [-0.4, -0.2) is 43.4 Å². The number of hydrogen-bond donors (Lipinski definition) is 1. The fourth-order valence-corrected chi connectivity index (χ4v) is 1.62. The van der Waals surface area contributed by atoms with Crippen LogP contribution in [0, 0.1) is 0 Å². The van der Waals surface area contributed by atoms with Crippen molar-refractivity contribution in [2.45, 2.75) is 6.10 Å². The van der Waals surface area contributed by atoms with E-state index in [1.54, 1.807) is 0 Å². The Kier molecular flexibility index (Phi) is 7.76. The summed E-state index contributed by atoms with van der Waals surface area (Å²) in [7, 11) is 3.84. The summed E-state index contributed by atoms with van der Waals surface area (Å²) in [4.78, 5) is 1.92. The van der Waals surface area contributed by atoms with E-state index in [0.29, 0.717) is 13.2 Å². The summed E-state index contributed by atoms with van der Waals surface area (Å²) in [5, 5.41) is 9.59. The number of para-hydroxylation sites is 1. The zero-order valence-electron chi connectivity index (χ0n) is 9.39. The van der Waals surface area contributed by atoms with Gasteiger partial charge in [-0.15, -0.1) is 12.4 Å². The molecule has 1 N–H and O–H groups in total. The minimum Gasteiger partial charge on any atom is -0.490 e. The molecule has 0 aliphatic carbocycles. The summed E-state index contributed by atoms with van der Waals surface area (Å²) in [5.41, 5.74) is 0. The van der Waals surface area contributed by atoms with E-state index in [1.807, 2.05) is 43.3 Å². The summed E-state index contributed by atoms with van der Waals surface area (Å²) in [5.74, 6) is 0.760. The first kappa shape index (κ1) is 15.7. The average molecular weight is 311 g/mol. The van der Waals surface area contributed by atoms with Crippen molar-refractivity contribution >= 4 is 28.3 Å². The van der Waals surface area contributed by atoms with Gasteiger partial charge >= 0.3 is 0 Å². The zero-order valence-corrected chi connectivity index (χ0v) is 11.8. The molecule has 0 saturated carbocycles. The fourth-order valence-electron chi connectivity index (χ4n) is 1.22. The summed E-state index contributed by atoms with van der Waals surface area (Å²) in [6.45, 7) is 0.908. The van der Waals surface area contributed by atoms with E-state index < -0.39 is 6.10 Å². The van der Waals surface area contributed by atoms with E-state index in [0.717, 1.165) is 10.2 Å². The van der Waals surface area contributed by atoms with Crippen molar-refractivity contribution in [3.63, 3.8) is 0 Å². The second-order valence-corrected chi connectivity index (χ2v) is 4.51. The molecule has 5 heteroatoms. The first-order valence-electron chi connectivity index (χ1n) is 4.79. The molecule has 0 bridgehead atoms. The molecule has 0 heterocycles. The van der Waals surface area contributed by atoms with Crippen molar-refractivity contribution in [1.82, 2.24) is 4.90 Å². The maximum Gasteiger partial charge on any atom is 0.133 e. The maximum absolute atomic E-state index is 9.59. The van der Waals surface area contributed by atoms with Crippen LogP contribution in [0.1, 0.15) is 0 Å². The number of aliphatic hydroxyl groups is 1. The van der Waals surface area contributed by atoms with Gasteiger partial charge in [-0.3, -0.25) is 0 Å². The number of rotatable bonds is 5. The Bertz CT molecular complexity index is 310. The van der Waals surface area contributed by atoms with E-state index in [4.69, 9.17) is 4.74 Å². The zero-order chi connectivity index (χ0) is 11.3. The van der Waals surface area contributed by atoms with Gasteiger partial charge in [0.1, 0.15) is 18.5 Å². The van der Waals surface area contributed by atoms with Crippen LogP contribution in [0.2, 0.25) is 0 Å². The monoisotopic (exact) mass is 309 g/mol. The van der Waals surface area contributed by atoms with Gasteiger partial charge in [0.25, 0.3) is 0 Å². The number of benzene rings is 1. The number of ether oxygens (including phenoxy) is 1. The lowest BCUT2D eigenvalue weighted by molar-refractivity contribution is 0.0828. The first-order valence-corrected chi connectivity index (χ1v) is 5.59. The molecular weight excluding hydrogens is 293 g/mol. The Hall–Kier alpha value is -0.290. The van der Waals surface area contributed by atoms with Crippen molar-refractivity contribution in [2.75, 3.05) is 27.2 Å². The molecule has 0 radical (unpaired) electrons. The van der Waals surface area contributed by atoms with Gasteiger partial charge in [0.15, 0.2) is 0 Å². The smallest absolute Gasteiger partial charge is 0.133 e. The SMILES string of the molecule is CN(C)CC(O)COc1ccccc1Br.Cl. The maximum atomic E-state index is 9.59. The third-order valence-corrected chi connectivity index (χ3v) is 2.50.